The number of rotatable bonds is 7. The number of nitrogens with one attached hydrogen (secondary N) is 1. The Morgan fingerprint density at radius 2 is 1.69 bits per heavy atom. The predicted octanol–water partition coefficient (Wildman–Crippen LogP) is 3.71. The van der Waals surface area contributed by atoms with Crippen LogP contribution in [0, 0.1) is 5.82 Å². The first-order chi connectivity index (χ1) is 16.9. The van der Waals surface area contributed by atoms with Gasteiger partial charge in [-0.05, 0) is 57.2 Å². The molecule has 1 atom stereocenters. The van der Waals surface area contributed by atoms with Crippen molar-refractivity contribution in [2.75, 3.05) is 18.4 Å². The second-order valence-electron chi connectivity index (χ2n) is 10.4. The summed E-state index contributed by atoms with van der Waals surface area (Å²) in [5.74, 6) is -1.36. The third kappa shape index (κ3) is 4.75. The maximum atomic E-state index is 15.2. The quantitative estimate of drug-likeness (QED) is 0.619. The van der Waals surface area contributed by atoms with E-state index in [0.717, 1.165) is 57.8 Å². The number of fused-ring (bicyclic) bond motifs is 1. The van der Waals surface area contributed by atoms with E-state index in [2.05, 4.69) is 5.32 Å². The van der Waals surface area contributed by atoms with Crippen molar-refractivity contribution in [2.24, 2.45) is 0 Å². The second-order valence-corrected chi connectivity index (χ2v) is 10.4. The number of nitrogens with zero attached hydrogens (tertiary/aromatic N) is 3. The number of hydrogen-bond acceptors (Lipinski definition) is 5. The van der Waals surface area contributed by atoms with Crippen LogP contribution < -0.4 is 16.6 Å². The Morgan fingerprint density at radius 1 is 0.971 bits per heavy atom. The van der Waals surface area contributed by atoms with Crippen LogP contribution in [-0.4, -0.2) is 50.3 Å². The number of aromatic nitrogens is 2. The zero-order valence-electron chi connectivity index (χ0n) is 20.2. The SMILES string of the molecule is O=C(O)C1CCCN1CCn1c(=O)c2cc(F)c(NC3CCCCC3)cc2n(C2CCCC2)c1=O. The number of likely N-dealkylation sites (tertiary alicyclic amines) is 1. The normalized spacial score (nSPS) is 22.3. The molecule has 2 heterocycles. The molecule has 0 radical (unpaired) electrons. The van der Waals surface area contributed by atoms with Crippen molar-refractivity contribution >= 4 is 22.6 Å². The summed E-state index contributed by atoms with van der Waals surface area (Å²) in [5.41, 5.74) is -0.0364. The largest absolute Gasteiger partial charge is 0.480 e. The summed E-state index contributed by atoms with van der Waals surface area (Å²) in [6.07, 6.45) is 10.5. The van der Waals surface area contributed by atoms with Gasteiger partial charge in [0.1, 0.15) is 11.9 Å². The third-order valence-corrected chi connectivity index (χ3v) is 8.17. The Morgan fingerprint density at radius 3 is 2.40 bits per heavy atom. The molecule has 190 valence electrons. The van der Waals surface area contributed by atoms with Crippen LogP contribution in [0.15, 0.2) is 21.7 Å². The summed E-state index contributed by atoms with van der Waals surface area (Å²) in [5, 5.41) is 13.0. The van der Waals surface area contributed by atoms with Gasteiger partial charge < -0.3 is 10.4 Å². The number of hydrogen-bond donors (Lipinski definition) is 2. The van der Waals surface area contributed by atoms with Crippen LogP contribution >= 0.6 is 0 Å². The third-order valence-electron chi connectivity index (χ3n) is 8.17. The van der Waals surface area contributed by atoms with Crippen molar-refractivity contribution in [1.82, 2.24) is 14.0 Å². The molecule has 1 aromatic heterocycles. The minimum Gasteiger partial charge on any atom is -0.480 e. The standard InChI is InChI=1S/C26H35FN4O4/c27-20-15-19-23(16-21(20)28-17-7-2-1-3-8-17)31(18-9-4-5-10-18)26(35)30(24(19)32)14-13-29-12-6-11-22(29)25(33)34/h15-18,22,28H,1-14H2,(H,33,34). The van der Waals surface area contributed by atoms with E-state index in [1.165, 1.54) is 17.1 Å². The Kier molecular flexibility index (Phi) is 6.95. The van der Waals surface area contributed by atoms with E-state index in [1.807, 2.05) is 4.90 Å². The number of aliphatic carboxylic acids is 1. The molecule has 1 aliphatic heterocycles. The number of carboxylic acids is 1. The molecular formula is C26H35FN4O4. The Bertz CT molecular complexity index is 1210. The topological polar surface area (TPSA) is 96.6 Å². The van der Waals surface area contributed by atoms with Gasteiger partial charge in [-0.15, -0.1) is 0 Å². The van der Waals surface area contributed by atoms with Crippen molar-refractivity contribution < 1.29 is 14.3 Å². The summed E-state index contributed by atoms with van der Waals surface area (Å²) in [6, 6.07) is 2.52. The van der Waals surface area contributed by atoms with Crippen LogP contribution in [0.25, 0.3) is 10.9 Å². The smallest absolute Gasteiger partial charge is 0.331 e. The van der Waals surface area contributed by atoms with Crippen molar-refractivity contribution in [1.29, 1.82) is 0 Å². The average molecular weight is 487 g/mol. The van der Waals surface area contributed by atoms with Crippen LogP contribution in [0.4, 0.5) is 10.1 Å². The molecule has 35 heavy (non-hydrogen) atoms. The molecule has 3 aliphatic rings. The fourth-order valence-corrected chi connectivity index (χ4v) is 6.29. The first kappa shape index (κ1) is 24.0. The highest BCUT2D eigenvalue weighted by molar-refractivity contribution is 5.82. The molecule has 2 saturated carbocycles. The van der Waals surface area contributed by atoms with Gasteiger partial charge in [-0.2, -0.15) is 0 Å². The summed E-state index contributed by atoms with van der Waals surface area (Å²) < 4.78 is 18.1. The van der Waals surface area contributed by atoms with Gasteiger partial charge in [-0.3, -0.25) is 23.6 Å². The summed E-state index contributed by atoms with van der Waals surface area (Å²) in [6.45, 7) is 1.01. The van der Waals surface area contributed by atoms with Crippen LogP contribution in [0.3, 0.4) is 0 Å². The van der Waals surface area contributed by atoms with E-state index in [4.69, 9.17) is 0 Å². The van der Waals surface area contributed by atoms with Gasteiger partial charge in [0.05, 0.1) is 16.6 Å². The fourth-order valence-electron chi connectivity index (χ4n) is 6.29. The molecule has 2 N–H and O–H groups in total. The first-order valence-electron chi connectivity index (χ1n) is 13.2. The highest BCUT2D eigenvalue weighted by Crippen LogP contribution is 2.32. The fraction of sp³-hybridized carbons (Fsp3) is 0.654. The van der Waals surface area contributed by atoms with Gasteiger partial charge in [-0.1, -0.05) is 32.1 Å². The van der Waals surface area contributed by atoms with Gasteiger partial charge in [-0.25, -0.2) is 9.18 Å². The molecule has 9 heteroatoms. The van der Waals surface area contributed by atoms with E-state index >= 15 is 4.39 Å². The first-order valence-corrected chi connectivity index (χ1v) is 13.2. The van der Waals surface area contributed by atoms with Crippen LogP contribution in [0.1, 0.15) is 76.7 Å². The van der Waals surface area contributed by atoms with Gasteiger partial charge in [0, 0.05) is 25.2 Å². The molecule has 0 spiro atoms. The Balaban J connectivity index is 1.54. The Labute approximate surface area is 203 Å². The number of carbonyl (C=O) groups is 1. The molecule has 8 nitrogen and oxygen atoms in total. The molecule has 2 aromatic rings. The maximum Gasteiger partial charge on any atom is 0.331 e. The number of benzene rings is 1. The monoisotopic (exact) mass is 486 g/mol. The molecule has 1 aromatic carbocycles. The zero-order valence-corrected chi connectivity index (χ0v) is 20.2. The molecule has 3 fully saturated rings. The molecule has 2 aliphatic carbocycles. The lowest BCUT2D eigenvalue weighted by Crippen LogP contribution is -2.45. The molecule has 0 bridgehead atoms. The predicted molar refractivity (Wildman–Crippen MR) is 133 cm³/mol. The zero-order chi connectivity index (χ0) is 24.5. The van der Waals surface area contributed by atoms with Gasteiger partial charge in [0.15, 0.2) is 0 Å². The van der Waals surface area contributed by atoms with Crippen LogP contribution in [-0.2, 0) is 11.3 Å². The molecule has 0 amide bonds. The highest BCUT2D eigenvalue weighted by atomic mass is 19.1. The van der Waals surface area contributed by atoms with E-state index in [9.17, 15) is 19.5 Å². The number of anilines is 1. The molecular weight excluding hydrogens is 451 g/mol. The average Bonchev–Trinajstić information content (AvgIpc) is 3.54. The second kappa shape index (κ2) is 10.1. The number of carboxylic acid groups (broad SMARTS) is 1. The molecule has 1 saturated heterocycles. The lowest BCUT2D eigenvalue weighted by molar-refractivity contribution is -0.142. The van der Waals surface area contributed by atoms with E-state index in [-0.39, 0.29) is 29.7 Å². The van der Waals surface area contributed by atoms with E-state index in [0.29, 0.717) is 30.7 Å². The van der Waals surface area contributed by atoms with Gasteiger partial charge >= 0.3 is 11.7 Å². The summed E-state index contributed by atoms with van der Waals surface area (Å²) in [4.78, 5) is 40.5. The summed E-state index contributed by atoms with van der Waals surface area (Å²) >= 11 is 0. The number of halogens is 1. The maximum absolute atomic E-state index is 15.2. The van der Waals surface area contributed by atoms with Crippen molar-refractivity contribution in [2.45, 2.75) is 95.3 Å². The van der Waals surface area contributed by atoms with Gasteiger partial charge in [0.25, 0.3) is 5.56 Å². The lowest BCUT2D eigenvalue weighted by atomic mass is 9.95. The van der Waals surface area contributed by atoms with Crippen molar-refractivity contribution in [3.63, 3.8) is 0 Å². The van der Waals surface area contributed by atoms with E-state index < -0.39 is 23.4 Å². The van der Waals surface area contributed by atoms with Crippen molar-refractivity contribution in [3.8, 4) is 0 Å². The van der Waals surface area contributed by atoms with Crippen LogP contribution in [0.2, 0.25) is 0 Å². The van der Waals surface area contributed by atoms with Gasteiger partial charge in [0.2, 0.25) is 0 Å². The van der Waals surface area contributed by atoms with Crippen molar-refractivity contribution in [3.05, 3.63) is 38.8 Å². The minimum absolute atomic E-state index is 0.0246. The highest BCUT2D eigenvalue weighted by Gasteiger charge is 2.31. The Hall–Kier alpha value is -2.68. The summed E-state index contributed by atoms with van der Waals surface area (Å²) in [7, 11) is 0. The van der Waals surface area contributed by atoms with E-state index in [1.54, 1.807) is 10.6 Å². The minimum atomic E-state index is -0.878. The molecule has 1 unspecified atom stereocenters. The lowest BCUT2D eigenvalue weighted by Gasteiger charge is -2.25. The molecule has 5 rings (SSSR count). The van der Waals surface area contributed by atoms with Crippen LogP contribution in [0.5, 0.6) is 0 Å².